The van der Waals surface area contributed by atoms with Crippen LogP contribution in [0.4, 0.5) is 0 Å². The highest BCUT2D eigenvalue weighted by Crippen LogP contribution is 2.49. The summed E-state index contributed by atoms with van der Waals surface area (Å²) in [5.74, 6) is 0. The molecule has 0 N–H and O–H groups in total. The Morgan fingerprint density at radius 3 is 1.89 bits per heavy atom. The van der Waals surface area contributed by atoms with Crippen LogP contribution in [0.1, 0.15) is 17.7 Å². The summed E-state index contributed by atoms with van der Waals surface area (Å²) in [6.45, 7) is 0. The minimum absolute atomic E-state index is 1.13. The zero-order valence-electron chi connectivity index (χ0n) is 23.9. The maximum absolute atomic E-state index is 2.65. The largest absolute Gasteiger partial charge is 0.312 e. The summed E-state index contributed by atoms with van der Waals surface area (Å²) in [5, 5.41) is 12.2. The molecule has 1 aliphatic carbocycles. The van der Waals surface area contributed by atoms with E-state index in [1.165, 1.54) is 105 Å². The summed E-state index contributed by atoms with van der Waals surface area (Å²) in [7, 11) is 0. The van der Waals surface area contributed by atoms with Crippen molar-refractivity contribution in [2.75, 3.05) is 0 Å². The van der Waals surface area contributed by atoms with Crippen molar-refractivity contribution in [3.63, 3.8) is 0 Å². The fraction of sp³-hybridized carbons (Fsp3) is 0.0732. The number of benzene rings is 6. The highest BCUT2D eigenvalue weighted by atomic mass is 15.0. The van der Waals surface area contributed by atoms with Crippen molar-refractivity contribution < 1.29 is 0 Å². The van der Waals surface area contributed by atoms with Gasteiger partial charge in [-0.2, -0.15) is 0 Å². The molecule has 44 heavy (non-hydrogen) atoms. The highest BCUT2D eigenvalue weighted by Gasteiger charge is 2.30. The zero-order chi connectivity index (χ0) is 28.3. The van der Waals surface area contributed by atoms with E-state index in [1.807, 2.05) is 0 Å². The van der Waals surface area contributed by atoms with Gasteiger partial charge < -0.3 is 13.4 Å². The maximum atomic E-state index is 2.65. The standard InChI is InChI=1S/C41H25N3/c1-2-10-23(11-3-1)42-33-17-6-5-13-25(33)31-20-32-30-22-36-29(21-37(30)44-35-19-9-16-28(35)38(40(31)42)41(32)44)27-15-8-14-26-24-12-4-7-18-34(24)43(36)39(26)27/h1-8,10-15,17-18,20-22H,9,16,19H2. The summed E-state index contributed by atoms with van der Waals surface area (Å²) in [4.78, 5) is 0. The van der Waals surface area contributed by atoms with Gasteiger partial charge in [-0.3, -0.25) is 0 Å². The first kappa shape index (κ1) is 22.1. The Bertz CT molecular complexity index is 3000. The van der Waals surface area contributed by atoms with Gasteiger partial charge in [0, 0.05) is 59.9 Å². The van der Waals surface area contributed by atoms with Gasteiger partial charge in [-0.25, -0.2) is 0 Å². The topological polar surface area (TPSA) is 13.8 Å². The Hall–Kier alpha value is -5.54. The van der Waals surface area contributed by atoms with E-state index in [0.717, 1.165) is 12.8 Å². The van der Waals surface area contributed by atoms with Crippen molar-refractivity contribution >= 4 is 87.1 Å². The summed E-state index contributed by atoms with van der Waals surface area (Å²) < 4.78 is 7.69. The number of hydrogen-bond donors (Lipinski definition) is 0. The lowest BCUT2D eigenvalue weighted by Crippen LogP contribution is -1.94. The molecule has 0 radical (unpaired) electrons. The SMILES string of the molecule is c1ccc(-n2c3ccccc3c3cc4c5cc6c(cc5n5c7c(c(c32)c45)CCC7)c2cccc3c4ccccc4n6c32)cc1. The number of aromatic nitrogens is 3. The van der Waals surface area contributed by atoms with Gasteiger partial charge in [0.15, 0.2) is 0 Å². The lowest BCUT2D eigenvalue weighted by Gasteiger charge is -2.09. The molecule has 0 unspecified atom stereocenters. The van der Waals surface area contributed by atoms with Gasteiger partial charge in [0.2, 0.25) is 0 Å². The zero-order valence-corrected chi connectivity index (χ0v) is 23.9. The average Bonchev–Trinajstić information content (AvgIpc) is 3.90. The lowest BCUT2D eigenvalue weighted by atomic mass is 10.0. The Kier molecular flexibility index (Phi) is 3.67. The molecule has 0 saturated heterocycles. The smallest absolute Gasteiger partial charge is 0.0638 e. The predicted molar refractivity (Wildman–Crippen MR) is 185 cm³/mol. The van der Waals surface area contributed by atoms with Crippen LogP contribution in [0, 0.1) is 0 Å². The molecular weight excluding hydrogens is 534 g/mol. The Labute approximate surface area is 251 Å². The molecule has 3 heteroatoms. The maximum Gasteiger partial charge on any atom is 0.0638 e. The van der Waals surface area contributed by atoms with E-state index in [1.54, 1.807) is 5.56 Å². The van der Waals surface area contributed by atoms with Crippen molar-refractivity contribution in [3.05, 3.63) is 127 Å². The number of rotatable bonds is 1. The van der Waals surface area contributed by atoms with E-state index < -0.39 is 0 Å². The van der Waals surface area contributed by atoms with Crippen molar-refractivity contribution in [1.82, 2.24) is 13.4 Å². The first-order valence-corrected chi connectivity index (χ1v) is 15.8. The first-order valence-electron chi connectivity index (χ1n) is 15.8. The van der Waals surface area contributed by atoms with E-state index >= 15 is 0 Å². The number of hydrogen-bond acceptors (Lipinski definition) is 0. The van der Waals surface area contributed by atoms with Crippen LogP contribution in [-0.2, 0) is 12.8 Å². The van der Waals surface area contributed by atoms with Gasteiger partial charge in [0.25, 0.3) is 0 Å². The summed E-state index contributed by atoms with van der Waals surface area (Å²) >= 11 is 0. The molecule has 0 bridgehead atoms. The Morgan fingerprint density at radius 1 is 0.409 bits per heavy atom. The first-order chi connectivity index (χ1) is 21.9. The molecule has 0 spiro atoms. The summed E-state index contributed by atoms with van der Waals surface area (Å²) in [6.07, 6.45) is 3.49. The quantitative estimate of drug-likeness (QED) is 0.190. The summed E-state index contributed by atoms with van der Waals surface area (Å²) in [5.41, 5.74) is 13.6. The normalized spacial score (nSPS) is 14.1. The monoisotopic (exact) mass is 559 g/mol. The van der Waals surface area contributed by atoms with Crippen LogP contribution in [0.2, 0.25) is 0 Å². The number of para-hydroxylation sites is 4. The third kappa shape index (κ3) is 2.32. The summed E-state index contributed by atoms with van der Waals surface area (Å²) in [6, 6.07) is 43.1. The molecule has 1 aliphatic rings. The van der Waals surface area contributed by atoms with Crippen LogP contribution in [0.3, 0.4) is 0 Å². The third-order valence-electron chi connectivity index (χ3n) is 10.8. The second kappa shape index (κ2) is 7.32. The van der Waals surface area contributed by atoms with Gasteiger partial charge in [0.1, 0.15) is 0 Å². The molecular formula is C41H25N3. The van der Waals surface area contributed by atoms with E-state index in [9.17, 15) is 0 Å². The molecule has 12 rings (SSSR count). The molecule has 0 amide bonds. The van der Waals surface area contributed by atoms with Crippen LogP contribution in [0.15, 0.2) is 115 Å². The number of nitrogens with zero attached hydrogens (tertiary/aromatic N) is 3. The van der Waals surface area contributed by atoms with Crippen molar-refractivity contribution in [1.29, 1.82) is 0 Å². The van der Waals surface area contributed by atoms with Gasteiger partial charge in [0.05, 0.1) is 38.6 Å². The second-order valence-electron chi connectivity index (χ2n) is 12.8. The third-order valence-corrected chi connectivity index (χ3v) is 10.8. The van der Waals surface area contributed by atoms with Crippen LogP contribution in [0.5, 0.6) is 0 Å². The van der Waals surface area contributed by atoms with Crippen molar-refractivity contribution in [2.24, 2.45) is 0 Å². The van der Waals surface area contributed by atoms with Gasteiger partial charge >= 0.3 is 0 Å². The minimum atomic E-state index is 1.13. The minimum Gasteiger partial charge on any atom is -0.312 e. The van der Waals surface area contributed by atoms with Crippen LogP contribution in [-0.4, -0.2) is 13.4 Å². The van der Waals surface area contributed by atoms with Crippen molar-refractivity contribution in [2.45, 2.75) is 19.3 Å². The average molecular weight is 560 g/mol. The van der Waals surface area contributed by atoms with E-state index in [-0.39, 0.29) is 0 Å². The molecule has 0 atom stereocenters. The molecule has 5 aromatic heterocycles. The van der Waals surface area contributed by atoms with Crippen LogP contribution >= 0.6 is 0 Å². The molecule has 11 aromatic rings. The molecule has 204 valence electrons. The fourth-order valence-corrected chi connectivity index (χ4v) is 9.19. The molecule has 0 fully saturated rings. The molecule has 0 aliphatic heterocycles. The fourth-order valence-electron chi connectivity index (χ4n) is 9.19. The highest BCUT2D eigenvalue weighted by molar-refractivity contribution is 6.31. The lowest BCUT2D eigenvalue weighted by molar-refractivity contribution is 0.890. The van der Waals surface area contributed by atoms with Crippen molar-refractivity contribution in [3.8, 4) is 5.69 Å². The van der Waals surface area contributed by atoms with Gasteiger partial charge in [-0.15, -0.1) is 0 Å². The molecule has 3 nitrogen and oxygen atoms in total. The molecule has 5 heterocycles. The second-order valence-corrected chi connectivity index (χ2v) is 12.8. The Morgan fingerprint density at radius 2 is 1.05 bits per heavy atom. The van der Waals surface area contributed by atoms with Crippen LogP contribution in [0.25, 0.3) is 92.8 Å². The molecule has 6 aromatic carbocycles. The van der Waals surface area contributed by atoms with Gasteiger partial charge in [-0.05, 0) is 67.3 Å². The van der Waals surface area contributed by atoms with Gasteiger partial charge in [-0.1, -0.05) is 72.8 Å². The van der Waals surface area contributed by atoms with Crippen LogP contribution < -0.4 is 0 Å². The van der Waals surface area contributed by atoms with E-state index in [2.05, 4.69) is 129 Å². The predicted octanol–water partition coefficient (Wildman–Crippen LogP) is 10.4. The van der Waals surface area contributed by atoms with E-state index in [0.29, 0.717) is 0 Å². The molecule has 0 saturated carbocycles. The Balaban J connectivity index is 1.35. The van der Waals surface area contributed by atoms with E-state index in [4.69, 9.17) is 0 Å². The number of fused-ring (bicyclic) bond motifs is 16. The number of aryl methyl sites for hydroxylation is 2.